The van der Waals surface area contributed by atoms with Gasteiger partial charge in [-0.3, -0.25) is 0 Å². The lowest BCUT2D eigenvalue weighted by Crippen LogP contribution is -1.86. The molecule has 0 bridgehead atoms. The van der Waals surface area contributed by atoms with Gasteiger partial charge in [0.25, 0.3) is 0 Å². The average Bonchev–Trinajstić information content (AvgIpc) is 2.75. The van der Waals surface area contributed by atoms with Crippen molar-refractivity contribution in [2.75, 3.05) is 0 Å². The number of thiazole rings is 1. The molecular weight excluding hydrogens is 214 g/mol. The normalized spacial score (nSPS) is 10.8. The van der Waals surface area contributed by atoms with Gasteiger partial charge >= 0.3 is 0 Å². The van der Waals surface area contributed by atoms with Crippen molar-refractivity contribution in [1.29, 1.82) is 0 Å². The van der Waals surface area contributed by atoms with Gasteiger partial charge in [0, 0.05) is 11.8 Å². The van der Waals surface area contributed by atoms with Crippen molar-refractivity contribution in [1.82, 2.24) is 4.98 Å². The van der Waals surface area contributed by atoms with Gasteiger partial charge < -0.3 is 0 Å². The van der Waals surface area contributed by atoms with Crippen LogP contribution in [-0.2, 0) is 6.42 Å². The van der Waals surface area contributed by atoms with E-state index in [2.05, 4.69) is 41.2 Å². The van der Waals surface area contributed by atoms with Crippen LogP contribution in [0.5, 0.6) is 0 Å². The summed E-state index contributed by atoms with van der Waals surface area (Å²) in [6, 6.07) is 10.4. The number of benzene rings is 1. The first-order valence-electron chi connectivity index (χ1n) is 5.16. The Hall–Kier alpha value is -1.67. The molecule has 0 aliphatic heterocycles. The van der Waals surface area contributed by atoms with Crippen molar-refractivity contribution >= 4 is 17.4 Å². The molecule has 0 aliphatic carbocycles. The van der Waals surface area contributed by atoms with E-state index in [1.165, 1.54) is 5.56 Å². The minimum atomic E-state index is 0.910. The fourth-order valence-corrected chi connectivity index (χ4v) is 2.22. The summed E-state index contributed by atoms with van der Waals surface area (Å²) in [5, 5.41) is 3.22. The fourth-order valence-electron chi connectivity index (χ4n) is 1.42. The summed E-state index contributed by atoms with van der Waals surface area (Å²) in [4.78, 5) is 4.53. The first-order chi connectivity index (χ1) is 7.88. The van der Waals surface area contributed by atoms with Crippen LogP contribution in [0.15, 0.2) is 54.4 Å². The van der Waals surface area contributed by atoms with Crippen molar-refractivity contribution in [2.45, 2.75) is 6.42 Å². The average molecular weight is 227 g/mol. The topological polar surface area (TPSA) is 12.9 Å². The molecule has 0 fully saturated rings. The zero-order valence-corrected chi connectivity index (χ0v) is 9.78. The number of hydrogen-bond acceptors (Lipinski definition) is 2. The molecule has 1 aromatic carbocycles. The highest BCUT2D eigenvalue weighted by Crippen LogP contribution is 2.15. The van der Waals surface area contributed by atoms with Gasteiger partial charge in [0.1, 0.15) is 0 Å². The summed E-state index contributed by atoms with van der Waals surface area (Å²) in [7, 11) is 0. The lowest BCUT2D eigenvalue weighted by molar-refractivity contribution is 1.13. The number of nitrogens with zero attached hydrogens (tertiary/aromatic N) is 1. The monoisotopic (exact) mass is 227 g/mol. The zero-order chi connectivity index (χ0) is 11.2. The van der Waals surface area contributed by atoms with Crippen LogP contribution in [0.25, 0.3) is 6.08 Å². The van der Waals surface area contributed by atoms with E-state index < -0.39 is 0 Å². The maximum absolute atomic E-state index is 4.53. The lowest BCUT2D eigenvalue weighted by atomic mass is 10.2. The third-order valence-electron chi connectivity index (χ3n) is 2.17. The molecule has 0 saturated heterocycles. The quantitative estimate of drug-likeness (QED) is 0.721. The van der Waals surface area contributed by atoms with Gasteiger partial charge in [-0.2, -0.15) is 0 Å². The highest BCUT2D eigenvalue weighted by molar-refractivity contribution is 7.09. The summed E-state index contributed by atoms with van der Waals surface area (Å²) >= 11 is 1.70. The Bertz CT molecular complexity index is 482. The summed E-state index contributed by atoms with van der Waals surface area (Å²) in [5.41, 5.74) is 2.31. The molecule has 0 saturated carbocycles. The maximum Gasteiger partial charge on any atom is 0.0976 e. The zero-order valence-electron chi connectivity index (χ0n) is 8.97. The molecule has 1 nitrogen and oxygen atoms in total. The summed E-state index contributed by atoms with van der Waals surface area (Å²) in [6.07, 6.45) is 6.54. The van der Waals surface area contributed by atoms with Crippen LogP contribution in [0.4, 0.5) is 0 Å². The van der Waals surface area contributed by atoms with E-state index in [0.29, 0.717) is 0 Å². The third kappa shape index (κ3) is 2.91. The van der Waals surface area contributed by atoms with Gasteiger partial charge in [0.2, 0.25) is 0 Å². The Morgan fingerprint density at radius 2 is 2.06 bits per heavy atom. The van der Waals surface area contributed by atoms with Crippen LogP contribution in [0, 0.1) is 0 Å². The van der Waals surface area contributed by atoms with Gasteiger partial charge in [-0.25, -0.2) is 4.98 Å². The van der Waals surface area contributed by atoms with Gasteiger partial charge in [-0.15, -0.1) is 11.3 Å². The molecule has 2 heteroatoms. The Morgan fingerprint density at radius 3 is 2.81 bits per heavy atom. The number of allylic oxidation sites excluding steroid dienone is 2. The van der Waals surface area contributed by atoms with Crippen molar-refractivity contribution in [3.8, 4) is 0 Å². The first kappa shape index (κ1) is 10.8. The molecule has 0 unspecified atom stereocenters. The molecule has 0 atom stereocenters. The Labute approximate surface area is 99.8 Å². The van der Waals surface area contributed by atoms with Crippen LogP contribution < -0.4 is 0 Å². The summed E-state index contributed by atoms with van der Waals surface area (Å²) < 4.78 is 0. The van der Waals surface area contributed by atoms with Gasteiger partial charge in [-0.1, -0.05) is 49.1 Å². The molecule has 16 heavy (non-hydrogen) atoms. The summed E-state index contributed by atoms with van der Waals surface area (Å²) in [6.45, 7) is 3.64. The van der Waals surface area contributed by atoms with E-state index >= 15 is 0 Å². The molecule has 0 amide bonds. The van der Waals surface area contributed by atoms with Crippen molar-refractivity contribution in [3.63, 3.8) is 0 Å². The number of rotatable bonds is 4. The minimum Gasteiger partial charge on any atom is -0.242 e. The Balaban J connectivity index is 2.08. The van der Waals surface area contributed by atoms with Crippen molar-refractivity contribution in [2.24, 2.45) is 0 Å². The molecule has 0 aliphatic rings. The largest absolute Gasteiger partial charge is 0.242 e. The minimum absolute atomic E-state index is 0.910. The second-order valence-corrected chi connectivity index (χ2v) is 4.37. The number of aromatic nitrogens is 1. The maximum atomic E-state index is 4.53. The fraction of sp³-hybridized carbons (Fsp3) is 0.0714. The Morgan fingerprint density at radius 1 is 1.25 bits per heavy atom. The van der Waals surface area contributed by atoms with Gasteiger partial charge in [0.15, 0.2) is 0 Å². The third-order valence-corrected chi connectivity index (χ3v) is 3.04. The highest BCUT2D eigenvalue weighted by Gasteiger charge is 2.00. The van der Waals surface area contributed by atoms with Crippen molar-refractivity contribution < 1.29 is 0 Å². The lowest BCUT2D eigenvalue weighted by Gasteiger charge is -1.95. The Kier molecular flexibility index (Phi) is 3.67. The predicted octanol–water partition coefficient (Wildman–Crippen LogP) is 3.93. The molecule has 1 aromatic heterocycles. The highest BCUT2D eigenvalue weighted by atomic mass is 32.1. The first-order valence-corrected chi connectivity index (χ1v) is 6.04. The molecule has 80 valence electrons. The van der Waals surface area contributed by atoms with Crippen LogP contribution in [-0.4, -0.2) is 4.98 Å². The molecule has 2 aromatic rings. The number of hydrogen-bond donors (Lipinski definition) is 0. The molecule has 0 spiro atoms. The molecular formula is C14H13NS. The SMILES string of the molecule is C=C/C=C\c1csc(Cc2ccccc2)n1. The van der Waals surface area contributed by atoms with E-state index in [9.17, 15) is 0 Å². The van der Waals surface area contributed by atoms with Gasteiger partial charge in [-0.05, 0) is 11.6 Å². The van der Waals surface area contributed by atoms with Crippen LogP contribution in [0.3, 0.4) is 0 Å². The van der Waals surface area contributed by atoms with E-state index in [-0.39, 0.29) is 0 Å². The van der Waals surface area contributed by atoms with E-state index in [4.69, 9.17) is 0 Å². The molecule has 1 heterocycles. The van der Waals surface area contributed by atoms with Crippen LogP contribution in [0.1, 0.15) is 16.3 Å². The summed E-state index contributed by atoms with van der Waals surface area (Å²) in [5.74, 6) is 0. The van der Waals surface area contributed by atoms with Gasteiger partial charge in [0.05, 0.1) is 10.7 Å². The van der Waals surface area contributed by atoms with E-state index in [0.717, 1.165) is 17.1 Å². The molecule has 0 N–H and O–H groups in total. The smallest absolute Gasteiger partial charge is 0.0976 e. The predicted molar refractivity (Wildman–Crippen MR) is 70.6 cm³/mol. The second-order valence-electron chi connectivity index (χ2n) is 3.42. The van der Waals surface area contributed by atoms with E-state index in [1.807, 2.05) is 18.2 Å². The molecule has 2 rings (SSSR count). The standard InChI is InChI=1S/C14H13NS/c1-2-3-9-13-11-16-14(15-13)10-12-7-5-4-6-8-12/h2-9,11H,1,10H2/b9-3-. The van der Waals surface area contributed by atoms with E-state index in [1.54, 1.807) is 17.4 Å². The van der Waals surface area contributed by atoms with Crippen molar-refractivity contribution in [3.05, 3.63) is 70.7 Å². The second kappa shape index (κ2) is 5.42. The van der Waals surface area contributed by atoms with Crippen LogP contribution >= 0.6 is 11.3 Å². The molecule has 0 radical (unpaired) electrons. The van der Waals surface area contributed by atoms with Crippen LogP contribution in [0.2, 0.25) is 0 Å².